The third-order valence-electron chi connectivity index (χ3n) is 2.84. The van der Waals surface area contributed by atoms with Crippen LogP contribution in [0, 0.1) is 0 Å². The highest BCUT2D eigenvalue weighted by Crippen LogP contribution is 2.35. The highest BCUT2D eigenvalue weighted by molar-refractivity contribution is 6.45. The molecule has 0 saturated carbocycles. The molecule has 0 aliphatic rings. The van der Waals surface area contributed by atoms with Crippen molar-refractivity contribution in [2.75, 3.05) is 13.2 Å². The number of esters is 1. The van der Waals surface area contributed by atoms with Crippen LogP contribution in [0.3, 0.4) is 0 Å². The summed E-state index contributed by atoms with van der Waals surface area (Å²) < 4.78 is 10.0. The van der Waals surface area contributed by atoms with Gasteiger partial charge in [0.05, 0.1) is 11.6 Å². The monoisotopic (exact) mass is 353 g/mol. The fraction of sp³-hybridized carbons (Fsp3) is 0.188. The fourth-order valence-corrected chi connectivity index (χ4v) is 2.25. The summed E-state index contributed by atoms with van der Waals surface area (Å²) in [5.74, 6) is -0.676. The Morgan fingerprint density at radius 3 is 2.57 bits per heavy atom. The van der Waals surface area contributed by atoms with E-state index in [1.807, 2.05) is 0 Å². The Morgan fingerprint density at radius 2 is 1.91 bits per heavy atom. The molecular formula is C16H13Cl2NO4. The Hall–Kier alpha value is -2.11. The first-order chi connectivity index (χ1) is 11.0. The van der Waals surface area contributed by atoms with Gasteiger partial charge in [0.15, 0.2) is 6.61 Å². The van der Waals surface area contributed by atoms with Gasteiger partial charge < -0.3 is 9.47 Å². The third-order valence-corrected chi connectivity index (χ3v) is 3.70. The van der Waals surface area contributed by atoms with Crippen molar-refractivity contribution in [3.63, 3.8) is 0 Å². The molecule has 0 aliphatic heterocycles. The van der Waals surface area contributed by atoms with Crippen LogP contribution in [-0.4, -0.2) is 30.0 Å². The number of benzene rings is 1. The van der Waals surface area contributed by atoms with E-state index in [2.05, 4.69) is 4.98 Å². The Kier molecular flexibility index (Phi) is 5.96. The minimum Gasteiger partial charge on any atom is -0.480 e. The van der Waals surface area contributed by atoms with Crippen LogP contribution in [0.2, 0.25) is 10.0 Å². The predicted octanol–water partition coefficient (Wildman–Crippen LogP) is 3.56. The maximum Gasteiger partial charge on any atom is 0.344 e. The van der Waals surface area contributed by atoms with E-state index in [4.69, 9.17) is 32.7 Å². The predicted molar refractivity (Wildman–Crippen MR) is 86.3 cm³/mol. The van der Waals surface area contributed by atoms with Gasteiger partial charge in [-0.25, -0.2) is 4.79 Å². The molecule has 0 radical (unpaired) electrons. The summed E-state index contributed by atoms with van der Waals surface area (Å²) >= 11 is 12.3. The molecule has 0 atom stereocenters. The first-order valence-electron chi connectivity index (χ1n) is 6.76. The highest BCUT2D eigenvalue weighted by atomic mass is 35.5. The number of ketones is 1. The number of rotatable bonds is 6. The van der Waals surface area contributed by atoms with Crippen LogP contribution in [0.4, 0.5) is 0 Å². The van der Waals surface area contributed by atoms with Crippen molar-refractivity contribution in [3.8, 4) is 5.75 Å². The Morgan fingerprint density at radius 1 is 1.13 bits per heavy atom. The highest BCUT2D eigenvalue weighted by Gasteiger charge is 2.19. The Labute approximate surface area is 143 Å². The first-order valence-corrected chi connectivity index (χ1v) is 7.52. The Balaban J connectivity index is 2.20. The van der Waals surface area contributed by atoms with Crippen LogP contribution >= 0.6 is 23.2 Å². The topological polar surface area (TPSA) is 65.5 Å². The van der Waals surface area contributed by atoms with E-state index in [-0.39, 0.29) is 46.0 Å². The van der Waals surface area contributed by atoms with Crippen LogP contribution in [0.15, 0.2) is 36.5 Å². The molecule has 0 unspecified atom stereocenters. The van der Waals surface area contributed by atoms with E-state index in [1.165, 1.54) is 18.3 Å². The lowest BCUT2D eigenvalue weighted by Crippen LogP contribution is -2.15. The lowest BCUT2D eigenvalue weighted by molar-refractivity contribution is -0.145. The number of hydrogen-bond acceptors (Lipinski definition) is 5. The van der Waals surface area contributed by atoms with Gasteiger partial charge in [-0.2, -0.15) is 0 Å². The van der Waals surface area contributed by atoms with Crippen molar-refractivity contribution in [2.45, 2.75) is 6.92 Å². The lowest BCUT2D eigenvalue weighted by atomic mass is 10.1. The number of nitrogens with zero attached hydrogens (tertiary/aromatic N) is 1. The average Bonchev–Trinajstić information content (AvgIpc) is 2.57. The zero-order valence-corrected chi connectivity index (χ0v) is 13.7. The van der Waals surface area contributed by atoms with E-state index in [0.717, 1.165) is 0 Å². The minimum absolute atomic E-state index is 0.0451. The quantitative estimate of drug-likeness (QED) is 0.586. The molecule has 23 heavy (non-hydrogen) atoms. The normalized spacial score (nSPS) is 10.2. The molecule has 5 nitrogen and oxygen atoms in total. The van der Waals surface area contributed by atoms with Crippen molar-refractivity contribution in [3.05, 3.63) is 57.8 Å². The molecule has 0 amide bonds. The van der Waals surface area contributed by atoms with E-state index < -0.39 is 5.97 Å². The second-order valence-corrected chi connectivity index (χ2v) is 5.13. The van der Waals surface area contributed by atoms with Gasteiger partial charge in [0.25, 0.3) is 0 Å². The standard InChI is InChI=1S/C16H13Cl2NO4/c1-2-22-13(20)9-23-12-7-6-10(14(17)15(12)18)16(21)11-5-3-4-8-19-11/h3-8H,2,9H2,1H3. The number of hydrogen-bond donors (Lipinski definition) is 0. The fourth-order valence-electron chi connectivity index (χ4n) is 1.79. The SMILES string of the molecule is CCOC(=O)COc1ccc(C(=O)c2ccccn2)c(Cl)c1Cl. The summed E-state index contributed by atoms with van der Waals surface area (Å²) in [7, 11) is 0. The van der Waals surface area contributed by atoms with Crippen LogP contribution < -0.4 is 4.74 Å². The van der Waals surface area contributed by atoms with Gasteiger partial charge >= 0.3 is 5.97 Å². The van der Waals surface area contributed by atoms with Gasteiger partial charge in [0.1, 0.15) is 16.5 Å². The summed E-state index contributed by atoms with van der Waals surface area (Å²) in [5.41, 5.74) is 0.463. The molecule has 2 rings (SSSR count). The number of halogens is 2. The van der Waals surface area contributed by atoms with Crippen LogP contribution in [0.5, 0.6) is 5.75 Å². The molecule has 0 aliphatic carbocycles. The van der Waals surface area contributed by atoms with Crippen molar-refractivity contribution in [1.82, 2.24) is 4.98 Å². The van der Waals surface area contributed by atoms with E-state index >= 15 is 0 Å². The van der Waals surface area contributed by atoms with Gasteiger partial charge in [0.2, 0.25) is 5.78 Å². The van der Waals surface area contributed by atoms with E-state index in [9.17, 15) is 9.59 Å². The molecular weight excluding hydrogens is 341 g/mol. The summed E-state index contributed by atoms with van der Waals surface area (Å²) in [6.07, 6.45) is 1.51. The van der Waals surface area contributed by atoms with Gasteiger partial charge in [-0.3, -0.25) is 9.78 Å². The van der Waals surface area contributed by atoms with Crippen LogP contribution in [-0.2, 0) is 9.53 Å². The molecule has 120 valence electrons. The number of aromatic nitrogens is 1. The van der Waals surface area contributed by atoms with Crippen LogP contribution in [0.1, 0.15) is 23.0 Å². The lowest BCUT2D eigenvalue weighted by Gasteiger charge is -2.11. The maximum atomic E-state index is 12.4. The third kappa shape index (κ3) is 4.21. The van der Waals surface area contributed by atoms with Gasteiger partial charge in [0, 0.05) is 11.8 Å². The molecule has 1 aromatic carbocycles. The van der Waals surface area contributed by atoms with Crippen molar-refractivity contribution in [2.24, 2.45) is 0 Å². The molecule has 0 bridgehead atoms. The number of ether oxygens (including phenoxy) is 2. The van der Waals surface area contributed by atoms with Crippen LogP contribution in [0.25, 0.3) is 0 Å². The van der Waals surface area contributed by atoms with Crippen molar-refractivity contribution >= 4 is 35.0 Å². The number of carbonyl (C=O) groups excluding carboxylic acids is 2. The van der Waals surface area contributed by atoms with E-state index in [1.54, 1.807) is 25.1 Å². The number of pyridine rings is 1. The van der Waals surface area contributed by atoms with Crippen molar-refractivity contribution < 1.29 is 19.1 Å². The molecule has 0 N–H and O–H groups in total. The second kappa shape index (κ2) is 7.94. The van der Waals surface area contributed by atoms with Gasteiger partial charge in [-0.15, -0.1) is 0 Å². The van der Waals surface area contributed by atoms with E-state index in [0.29, 0.717) is 0 Å². The Bertz CT molecular complexity index is 720. The molecule has 1 aromatic heterocycles. The summed E-state index contributed by atoms with van der Waals surface area (Å²) in [6, 6.07) is 7.94. The number of carbonyl (C=O) groups is 2. The first kappa shape index (κ1) is 17.2. The summed E-state index contributed by atoms with van der Waals surface area (Å²) in [6.45, 7) is 1.66. The minimum atomic E-state index is -0.520. The molecule has 0 saturated heterocycles. The molecule has 1 heterocycles. The summed E-state index contributed by atoms with van der Waals surface area (Å²) in [4.78, 5) is 27.6. The zero-order chi connectivity index (χ0) is 16.8. The largest absolute Gasteiger partial charge is 0.480 e. The molecule has 7 heteroatoms. The average molecular weight is 354 g/mol. The smallest absolute Gasteiger partial charge is 0.344 e. The molecule has 0 fully saturated rings. The summed E-state index contributed by atoms with van der Waals surface area (Å²) in [5, 5.41) is 0.0985. The van der Waals surface area contributed by atoms with Gasteiger partial charge in [-0.1, -0.05) is 29.3 Å². The van der Waals surface area contributed by atoms with Gasteiger partial charge in [-0.05, 0) is 31.2 Å². The molecule has 2 aromatic rings. The molecule has 0 spiro atoms. The maximum absolute atomic E-state index is 12.4. The zero-order valence-electron chi connectivity index (χ0n) is 12.2. The van der Waals surface area contributed by atoms with Crippen molar-refractivity contribution in [1.29, 1.82) is 0 Å². The second-order valence-electron chi connectivity index (χ2n) is 4.38.